The molecule has 0 spiro atoms. The molecule has 1 aromatic heterocycles. The van der Waals surface area contributed by atoms with Crippen LogP contribution in [0.25, 0.3) is 0 Å². The summed E-state index contributed by atoms with van der Waals surface area (Å²) >= 11 is 0. The number of carbonyl (C=O) groups excluding carboxylic acids is 1. The lowest BCUT2D eigenvalue weighted by molar-refractivity contribution is -0.133. The number of benzene rings is 1. The normalized spacial score (nSPS) is 14.8. The molecule has 1 aliphatic heterocycles. The molecule has 7 heteroatoms. The molecule has 0 unspecified atom stereocenters. The minimum atomic E-state index is -0.221. The van der Waals surface area contributed by atoms with Crippen molar-refractivity contribution >= 4 is 11.6 Å². The molecule has 6 nitrogen and oxygen atoms in total. The van der Waals surface area contributed by atoms with Crippen LogP contribution < -0.4 is 4.90 Å². The second-order valence-corrected chi connectivity index (χ2v) is 6.60. The number of carbonyl (C=O) groups is 1. The summed E-state index contributed by atoms with van der Waals surface area (Å²) in [5.74, 6) is 0.676. The van der Waals surface area contributed by atoms with E-state index in [1.165, 1.54) is 6.07 Å². The maximum Gasteiger partial charge on any atom is 0.236 e. The molecule has 0 bridgehead atoms. The first kappa shape index (κ1) is 19.4. The molecule has 27 heavy (non-hydrogen) atoms. The van der Waals surface area contributed by atoms with Gasteiger partial charge >= 0.3 is 0 Å². The van der Waals surface area contributed by atoms with Crippen molar-refractivity contribution in [2.24, 2.45) is 0 Å². The lowest BCUT2D eigenvalue weighted by Gasteiger charge is -2.37. The van der Waals surface area contributed by atoms with Gasteiger partial charge < -0.3 is 19.0 Å². The van der Waals surface area contributed by atoms with Crippen molar-refractivity contribution in [3.05, 3.63) is 54.2 Å². The Morgan fingerprint density at radius 3 is 2.63 bits per heavy atom. The molecule has 2 heterocycles. The van der Waals surface area contributed by atoms with E-state index in [-0.39, 0.29) is 11.7 Å². The number of piperazine rings is 1. The molecule has 0 atom stereocenters. The lowest BCUT2D eigenvalue weighted by Crippen LogP contribution is -2.51. The third-order valence-electron chi connectivity index (χ3n) is 4.76. The minimum Gasteiger partial charge on any atom is -0.468 e. The highest BCUT2D eigenvalue weighted by Gasteiger charge is 2.24. The number of hydrogen-bond donors (Lipinski definition) is 0. The monoisotopic (exact) mass is 375 g/mol. The highest BCUT2D eigenvalue weighted by Crippen LogP contribution is 2.20. The Morgan fingerprint density at radius 1 is 1.19 bits per heavy atom. The number of nitrogens with zero attached hydrogens (tertiary/aromatic N) is 3. The Bertz CT molecular complexity index is 715. The molecule has 0 N–H and O–H groups in total. The molecule has 1 saturated heterocycles. The van der Waals surface area contributed by atoms with Gasteiger partial charge in [0.1, 0.15) is 11.6 Å². The van der Waals surface area contributed by atoms with Gasteiger partial charge in [0.25, 0.3) is 0 Å². The number of ether oxygens (including phenoxy) is 1. The standard InChI is InChI=1S/C20H26FN3O3/c1-26-14-12-22(15-17-5-4-13-27-17)16-20(25)24-10-8-23(9-11-24)19-7-3-2-6-18(19)21/h2-7,13H,8-12,14-16H2,1H3. The van der Waals surface area contributed by atoms with Crippen molar-refractivity contribution in [3.63, 3.8) is 0 Å². The van der Waals surface area contributed by atoms with E-state index in [0.717, 1.165) is 5.76 Å². The van der Waals surface area contributed by atoms with E-state index in [4.69, 9.17) is 9.15 Å². The Kier molecular flexibility index (Phi) is 6.84. The first-order valence-electron chi connectivity index (χ1n) is 9.18. The number of methoxy groups -OCH3 is 1. The number of anilines is 1. The summed E-state index contributed by atoms with van der Waals surface area (Å²) in [4.78, 5) is 18.6. The van der Waals surface area contributed by atoms with Crippen LogP contribution in [0.1, 0.15) is 5.76 Å². The van der Waals surface area contributed by atoms with Crippen LogP contribution in [0, 0.1) is 5.82 Å². The van der Waals surface area contributed by atoms with Crippen molar-refractivity contribution < 1.29 is 18.3 Å². The molecule has 1 fully saturated rings. The molecule has 1 amide bonds. The van der Waals surface area contributed by atoms with Crippen molar-refractivity contribution in [1.82, 2.24) is 9.80 Å². The Balaban J connectivity index is 1.53. The van der Waals surface area contributed by atoms with Crippen LogP contribution >= 0.6 is 0 Å². The van der Waals surface area contributed by atoms with Crippen molar-refractivity contribution in [3.8, 4) is 0 Å². The van der Waals surface area contributed by atoms with Gasteiger partial charge in [-0.3, -0.25) is 9.69 Å². The van der Waals surface area contributed by atoms with Crippen LogP contribution in [0.15, 0.2) is 47.1 Å². The zero-order valence-corrected chi connectivity index (χ0v) is 15.6. The predicted octanol–water partition coefficient (Wildman–Crippen LogP) is 2.22. The average molecular weight is 375 g/mol. The second-order valence-electron chi connectivity index (χ2n) is 6.60. The lowest BCUT2D eigenvalue weighted by atomic mass is 10.2. The smallest absolute Gasteiger partial charge is 0.236 e. The summed E-state index contributed by atoms with van der Waals surface area (Å²) in [5.41, 5.74) is 0.601. The molecule has 3 rings (SSSR count). The fourth-order valence-corrected chi connectivity index (χ4v) is 3.25. The van der Waals surface area contributed by atoms with Crippen LogP contribution in [-0.4, -0.2) is 68.7 Å². The summed E-state index contributed by atoms with van der Waals surface area (Å²) in [6.07, 6.45) is 1.63. The molecule has 2 aromatic rings. The van der Waals surface area contributed by atoms with Crippen molar-refractivity contribution in [2.75, 3.05) is 57.9 Å². The molecule has 0 radical (unpaired) electrons. The molecule has 0 aliphatic carbocycles. The maximum absolute atomic E-state index is 14.0. The van der Waals surface area contributed by atoms with E-state index in [2.05, 4.69) is 0 Å². The number of halogens is 1. The molecule has 1 aliphatic rings. The third kappa shape index (κ3) is 5.30. The molecule has 0 saturated carbocycles. The van der Waals surface area contributed by atoms with Gasteiger partial charge in [-0.25, -0.2) is 4.39 Å². The van der Waals surface area contributed by atoms with Crippen LogP contribution in [0.5, 0.6) is 0 Å². The van der Waals surface area contributed by atoms with Gasteiger partial charge in [-0.15, -0.1) is 0 Å². The molecule has 146 valence electrons. The zero-order valence-electron chi connectivity index (χ0n) is 15.6. The average Bonchev–Trinajstić information content (AvgIpc) is 3.19. The molecule has 1 aromatic carbocycles. The summed E-state index contributed by atoms with van der Waals surface area (Å²) in [6.45, 7) is 4.51. The number of rotatable bonds is 8. The van der Waals surface area contributed by atoms with E-state index < -0.39 is 0 Å². The van der Waals surface area contributed by atoms with Gasteiger partial charge in [0.15, 0.2) is 0 Å². The first-order chi connectivity index (χ1) is 13.2. The molecular weight excluding hydrogens is 349 g/mol. The van der Waals surface area contributed by atoms with Crippen molar-refractivity contribution in [1.29, 1.82) is 0 Å². The van der Waals surface area contributed by atoms with E-state index in [1.807, 2.05) is 32.9 Å². The van der Waals surface area contributed by atoms with E-state index in [0.29, 0.717) is 58.1 Å². The van der Waals surface area contributed by atoms with Crippen LogP contribution in [-0.2, 0) is 16.1 Å². The predicted molar refractivity (Wildman–Crippen MR) is 101 cm³/mol. The van der Waals surface area contributed by atoms with Crippen molar-refractivity contribution in [2.45, 2.75) is 6.54 Å². The minimum absolute atomic E-state index is 0.0749. The summed E-state index contributed by atoms with van der Waals surface area (Å²) < 4.78 is 24.5. The maximum atomic E-state index is 14.0. The van der Waals surface area contributed by atoms with Gasteiger partial charge in [-0.1, -0.05) is 12.1 Å². The van der Waals surface area contributed by atoms with Crippen LogP contribution in [0.3, 0.4) is 0 Å². The second kappa shape index (κ2) is 9.53. The zero-order chi connectivity index (χ0) is 19.1. The first-order valence-corrected chi connectivity index (χ1v) is 9.18. The summed E-state index contributed by atoms with van der Waals surface area (Å²) in [7, 11) is 1.65. The Hall–Kier alpha value is -2.38. The van der Waals surface area contributed by atoms with E-state index >= 15 is 0 Å². The largest absolute Gasteiger partial charge is 0.468 e. The quantitative estimate of drug-likeness (QED) is 0.708. The number of amides is 1. The summed E-state index contributed by atoms with van der Waals surface area (Å²) in [5, 5.41) is 0. The number of furan rings is 1. The van der Waals surface area contributed by atoms with E-state index in [9.17, 15) is 9.18 Å². The third-order valence-corrected chi connectivity index (χ3v) is 4.76. The van der Waals surface area contributed by atoms with Gasteiger partial charge in [0.2, 0.25) is 5.91 Å². The summed E-state index contributed by atoms with van der Waals surface area (Å²) in [6, 6.07) is 10.5. The fourth-order valence-electron chi connectivity index (χ4n) is 3.25. The van der Waals surface area contributed by atoms with E-state index in [1.54, 1.807) is 25.5 Å². The van der Waals surface area contributed by atoms with Gasteiger partial charge in [-0.05, 0) is 24.3 Å². The fraction of sp³-hybridized carbons (Fsp3) is 0.450. The SMILES string of the molecule is COCCN(CC(=O)N1CCN(c2ccccc2F)CC1)Cc1ccco1. The topological polar surface area (TPSA) is 49.2 Å². The van der Waals surface area contributed by atoms with Gasteiger partial charge in [-0.2, -0.15) is 0 Å². The molecular formula is C20H26FN3O3. The highest BCUT2D eigenvalue weighted by atomic mass is 19.1. The number of para-hydroxylation sites is 1. The van der Waals surface area contributed by atoms with Gasteiger partial charge in [0.05, 0.1) is 31.6 Å². The Labute approximate surface area is 159 Å². The number of hydrogen-bond acceptors (Lipinski definition) is 5. The van der Waals surface area contributed by atoms with Crippen LogP contribution in [0.2, 0.25) is 0 Å². The Morgan fingerprint density at radius 2 is 1.96 bits per heavy atom. The van der Waals surface area contributed by atoms with Crippen LogP contribution in [0.4, 0.5) is 10.1 Å². The highest BCUT2D eigenvalue weighted by molar-refractivity contribution is 5.78. The van der Waals surface area contributed by atoms with Gasteiger partial charge in [0, 0.05) is 39.8 Å².